The summed E-state index contributed by atoms with van der Waals surface area (Å²) in [4.78, 5) is 21.7. The van der Waals surface area contributed by atoms with Gasteiger partial charge in [0.15, 0.2) is 0 Å². The zero-order valence-corrected chi connectivity index (χ0v) is 15.0. The molecule has 1 aromatic heterocycles. The second-order valence-corrected chi connectivity index (χ2v) is 7.82. The van der Waals surface area contributed by atoms with Gasteiger partial charge >= 0.3 is 0 Å². The molecule has 3 fully saturated rings. The fourth-order valence-corrected chi connectivity index (χ4v) is 4.25. The predicted octanol–water partition coefficient (Wildman–Crippen LogP) is 1.32. The van der Waals surface area contributed by atoms with Gasteiger partial charge in [-0.2, -0.15) is 0 Å². The maximum Gasteiger partial charge on any atom is 0.244 e. The maximum atomic E-state index is 13.3. The number of nitrogens with zero attached hydrogens (tertiary/aromatic N) is 3. The molecule has 6 nitrogen and oxygen atoms in total. The van der Waals surface area contributed by atoms with Gasteiger partial charge in [-0.05, 0) is 62.7 Å². The van der Waals surface area contributed by atoms with Crippen molar-refractivity contribution in [3.8, 4) is 0 Å². The normalized spacial score (nSPS) is 28.2. The second-order valence-electron chi connectivity index (χ2n) is 7.82. The average molecular weight is 343 g/mol. The monoisotopic (exact) mass is 343 g/mol. The smallest absolute Gasteiger partial charge is 0.244 e. The fraction of sp³-hybridized carbons (Fsp3) is 0.684. The van der Waals surface area contributed by atoms with Crippen molar-refractivity contribution in [3.05, 3.63) is 30.1 Å². The van der Waals surface area contributed by atoms with Crippen LogP contribution in [0.2, 0.25) is 0 Å². The Hall–Kier alpha value is -1.50. The lowest BCUT2D eigenvalue weighted by Gasteiger charge is -2.31. The summed E-state index contributed by atoms with van der Waals surface area (Å²) < 4.78 is 0. The van der Waals surface area contributed by atoms with E-state index in [1.165, 1.54) is 25.7 Å². The molecule has 0 radical (unpaired) electrons. The van der Waals surface area contributed by atoms with Crippen molar-refractivity contribution in [3.63, 3.8) is 0 Å². The molecule has 2 saturated heterocycles. The van der Waals surface area contributed by atoms with E-state index in [1.807, 2.05) is 30.3 Å². The number of hydrazine groups is 1. The molecular weight excluding hydrogens is 314 g/mol. The Kier molecular flexibility index (Phi) is 5.01. The largest absolute Gasteiger partial charge is 0.342 e. The van der Waals surface area contributed by atoms with Gasteiger partial charge in [0.2, 0.25) is 5.91 Å². The number of likely N-dealkylation sites (tertiary alicyclic amines) is 1. The highest BCUT2D eigenvalue weighted by atomic mass is 16.2. The lowest BCUT2D eigenvalue weighted by molar-refractivity contribution is -0.136. The molecule has 6 heteroatoms. The van der Waals surface area contributed by atoms with Crippen molar-refractivity contribution in [1.82, 2.24) is 25.6 Å². The highest BCUT2D eigenvalue weighted by Crippen LogP contribution is 2.35. The van der Waals surface area contributed by atoms with Gasteiger partial charge in [-0.25, -0.2) is 0 Å². The number of hydrogen-bond donors (Lipinski definition) is 2. The molecule has 3 heterocycles. The summed E-state index contributed by atoms with van der Waals surface area (Å²) in [6.07, 6.45) is 9.76. The lowest BCUT2D eigenvalue weighted by atomic mass is 10.0. The van der Waals surface area contributed by atoms with E-state index in [-0.39, 0.29) is 11.9 Å². The van der Waals surface area contributed by atoms with Crippen LogP contribution in [0.3, 0.4) is 0 Å². The van der Waals surface area contributed by atoms with Crippen molar-refractivity contribution in [2.24, 2.45) is 5.92 Å². The van der Waals surface area contributed by atoms with Crippen molar-refractivity contribution in [2.75, 3.05) is 26.7 Å². The molecule has 2 aliphatic heterocycles. The topological polar surface area (TPSA) is 60.5 Å². The van der Waals surface area contributed by atoms with Gasteiger partial charge in [-0.3, -0.25) is 25.5 Å². The number of amides is 1. The van der Waals surface area contributed by atoms with Crippen molar-refractivity contribution < 1.29 is 4.79 Å². The van der Waals surface area contributed by atoms with E-state index in [1.54, 1.807) is 6.20 Å². The zero-order valence-electron chi connectivity index (χ0n) is 15.0. The van der Waals surface area contributed by atoms with Gasteiger partial charge in [-0.1, -0.05) is 6.07 Å². The Bertz CT molecular complexity index is 585. The van der Waals surface area contributed by atoms with Gasteiger partial charge in [-0.15, -0.1) is 0 Å². The Labute approximate surface area is 149 Å². The molecule has 3 unspecified atom stereocenters. The Morgan fingerprint density at radius 2 is 2.16 bits per heavy atom. The van der Waals surface area contributed by atoms with Crippen molar-refractivity contribution in [2.45, 2.75) is 50.2 Å². The number of likely N-dealkylation sites (N-methyl/N-ethyl adjacent to an activating group) is 1. The molecule has 0 spiro atoms. The lowest BCUT2D eigenvalue weighted by Crippen LogP contribution is -2.46. The molecule has 25 heavy (non-hydrogen) atoms. The molecule has 136 valence electrons. The first kappa shape index (κ1) is 16.9. The van der Waals surface area contributed by atoms with E-state index in [4.69, 9.17) is 0 Å². The van der Waals surface area contributed by atoms with Gasteiger partial charge in [0.05, 0.1) is 0 Å². The highest BCUT2D eigenvalue weighted by molar-refractivity contribution is 5.83. The van der Waals surface area contributed by atoms with Crippen LogP contribution in [0.15, 0.2) is 24.5 Å². The average Bonchev–Trinajstić information content (AvgIpc) is 3.14. The maximum absolute atomic E-state index is 13.3. The van der Waals surface area contributed by atoms with Crippen molar-refractivity contribution in [1.29, 1.82) is 0 Å². The molecule has 1 amide bonds. The third kappa shape index (κ3) is 3.86. The van der Waals surface area contributed by atoms with Gasteiger partial charge in [0.1, 0.15) is 6.04 Å². The SMILES string of the molecule is CN(CC1CC(C2CC2)NN1)C(=O)C(c1cccnc1)N1CCCC1. The molecule has 2 N–H and O–H groups in total. The van der Waals surface area contributed by atoms with Gasteiger partial charge in [0.25, 0.3) is 0 Å². The number of carbonyl (C=O) groups excluding carboxylic acids is 1. The van der Waals surface area contributed by atoms with Crippen LogP contribution < -0.4 is 10.9 Å². The minimum atomic E-state index is -0.199. The number of pyridine rings is 1. The summed E-state index contributed by atoms with van der Waals surface area (Å²) in [5, 5.41) is 0. The van der Waals surface area contributed by atoms with Crippen LogP contribution in [-0.2, 0) is 4.79 Å². The summed E-state index contributed by atoms with van der Waals surface area (Å²) in [5.41, 5.74) is 7.82. The van der Waals surface area contributed by atoms with E-state index in [9.17, 15) is 4.79 Å². The summed E-state index contributed by atoms with van der Waals surface area (Å²) in [5.74, 6) is 1.03. The van der Waals surface area contributed by atoms with Crippen LogP contribution in [0, 0.1) is 5.92 Å². The Balaban J connectivity index is 1.42. The number of nitrogens with one attached hydrogen (secondary N) is 2. The van der Waals surface area contributed by atoms with Crippen LogP contribution in [0.5, 0.6) is 0 Å². The molecule has 1 saturated carbocycles. The third-order valence-corrected chi connectivity index (χ3v) is 5.81. The van der Waals surface area contributed by atoms with E-state index < -0.39 is 0 Å². The number of hydrogen-bond acceptors (Lipinski definition) is 5. The number of aromatic nitrogens is 1. The van der Waals surface area contributed by atoms with Crippen LogP contribution in [0.25, 0.3) is 0 Å². The molecular formula is C19H29N5O. The molecule has 3 aliphatic rings. The summed E-state index contributed by atoms with van der Waals surface area (Å²) in [7, 11) is 1.94. The van der Waals surface area contributed by atoms with Crippen LogP contribution in [0.1, 0.15) is 43.7 Å². The first-order chi connectivity index (χ1) is 12.2. The minimum absolute atomic E-state index is 0.187. The van der Waals surface area contributed by atoms with E-state index in [0.29, 0.717) is 12.1 Å². The van der Waals surface area contributed by atoms with Crippen LogP contribution in [-0.4, -0.2) is 59.5 Å². The highest BCUT2D eigenvalue weighted by Gasteiger charge is 2.38. The first-order valence-electron chi connectivity index (χ1n) is 9.62. The van der Waals surface area contributed by atoms with E-state index >= 15 is 0 Å². The predicted molar refractivity (Wildman–Crippen MR) is 96.6 cm³/mol. The summed E-state index contributed by atoms with van der Waals surface area (Å²) in [6.45, 7) is 2.73. The molecule has 3 atom stereocenters. The molecule has 1 aromatic rings. The molecule has 4 rings (SSSR count). The van der Waals surface area contributed by atoms with Crippen molar-refractivity contribution >= 4 is 5.91 Å². The molecule has 0 bridgehead atoms. The van der Waals surface area contributed by atoms with E-state index in [0.717, 1.165) is 37.5 Å². The third-order valence-electron chi connectivity index (χ3n) is 5.81. The molecule has 0 aromatic carbocycles. The number of carbonyl (C=O) groups is 1. The van der Waals surface area contributed by atoms with Crippen LogP contribution in [0.4, 0.5) is 0 Å². The summed E-state index contributed by atoms with van der Waals surface area (Å²) >= 11 is 0. The first-order valence-corrected chi connectivity index (χ1v) is 9.62. The number of rotatable bonds is 6. The van der Waals surface area contributed by atoms with Crippen LogP contribution >= 0.6 is 0 Å². The van der Waals surface area contributed by atoms with E-state index in [2.05, 4.69) is 20.7 Å². The summed E-state index contributed by atoms with van der Waals surface area (Å²) in [6, 6.07) is 4.68. The fourth-order valence-electron chi connectivity index (χ4n) is 4.25. The quantitative estimate of drug-likeness (QED) is 0.816. The Morgan fingerprint density at radius 3 is 2.84 bits per heavy atom. The molecule has 1 aliphatic carbocycles. The minimum Gasteiger partial charge on any atom is -0.342 e. The van der Waals surface area contributed by atoms with Gasteiger partial charge < -0.3 is 4.90 Å². The second kappa shape index (κ2) is 7.40. The Morgan fingerprint density at radius 1 is 1.36 bits per heavy atom. The standard InChI is InChI=1S/C19H29N5O/c1-23(13-16-11-17(22-21-16)14-6-7-14)19(25)18(24-9-2-3-10-24)15-5-4-8-20-12-15/h4-5,8,12,14,16-18,21-22H,2-3,6-7,9-11,13H2,1H3. The zero-order chi connectivity index (χ0) is 17.2. The van der Waals surface area contributed by atoms with Gasteiger partial charge in [0, 0.05) is 38.1 Å².